The Kier molecular flexibility index (Phi) is 4.80. The fourth-order valence-corrected chi connectivity index (χ4v) is 2.36. The molecule has 1 aromatic rings. The largest absolute Gasteiger partial charge is 0.371 e. The number of nitrogens with zero attached hydrogens (tertiary/aromatic N) is 4. The van der Waals surface area contributed by atoms with Gasteiger partial charge in [0.25, 0.3) is 0 Å². The Hall–Kier alpha value is -2.97. The predicted molar refractivity (Wildman–Crippen MR) is 80.0 cm³/mol. The Bertz CT molecular complexity index is 647. The Morgan fingerprint density at radius 3 is 2.33 bits per heavy atom. The molecule has 5 heteroatoms. The lowest BCUT2D eigenvalue weighted by atomic mass is 10.1. The number of allylic oxidation sites excluding steroid dienone is 2. The van der Waals surface area contributed by atoms with Crippen molar-refractivity contribution < 1.29 is 0 Å². The summed E-state index contributed by atoms with van der Waals surface area (Å²) < 4.78 is 0. The third-order valence-electron chi connectivity index (χ3n) is 3.42. The number of anilines is 2. The maximum absolute atomic E-state index is 9.05. The van der Waals surface area contributed by atoms with Crippen LogP contribution >= 0.6 is 0 Å². The number of rotatable bonds is 3. The van der Waals surface area contributed by atoms with Crippen molar-refractivity contribution in [3.63, 3.8) is 0 Å². The van der Waals surface area contributed by atoms with E-state index in [2.05, 4.69) is 10.2 Å². The first kappa shape index (κ1) is 14.4. The molecule has 0 spiro atoms. The van der Waals surface area contributed by atoms with Crippen LogP contribution in [0.1, 0.15) is 19.3 Å². The zero-order chi connectivity index (χ0) is 15.1. The van der Waals surface area contributed by atoms with Gasteiger partial charge in [0.1, 0.15) is 23.9 Å². The Labute approximate surface area is 124 Å². The molecule has 0 atom stereocenters. The van der Waals surface area contributed by atoms with E-state index in [9.17, 15) is 0 Å². The molecule has 5 nitrogen and oxygen atoms in total. The van der Waals surface area contributed by atoms with Crippen LogP contribution in [0.25, 0.3) is 0 Å². The maximum Gasteiger partial charge on any atom is 0.163 e. The summed E-state index contributed by atoms with van der Waals surface area (Å²) in [5.41, 5.74) is 1.57. The molecule has 2 rings (SSSR count). The van der Waals surface area contributed by atoms with E-state index in [0.29, 0.717) is 5.69 Å². The molecule has 1 aliphatic rings. The molecule has 0 bridgehead atoms. The monoisotopic (exact) mass is 277 g/mol. The minimum Gasteiger partial charge on any atom is -0.371 e. The summed E-state index contributed by atoms with van der Waals surface area (Å²) in [7, 11) is 0. The van der Waals surface area contributed by atoms with Gasteiger partial charge in [0.05, 0.1) is 0 Å². The van der Waals surface area contributed by atoms with Crippen LogP contribution in [0.15, 0.2) is 35.5 Å². The van der Waals surface area contributed by atoms with E-state index >= 15 is 0 Å². The first-order chi connectivity index (χ1) is 10.3. The smallest absolute Gasteiger partial charge is 0.163 e. The van der Waals surface area contributed by atoms with Crippen molar-refractivity contribution in [2.24, 2.45) is 0 Å². The van der Waals surface area contributed by atoms with Gasteiger partial charge in [-0.3, -0.25) is 0 Å². The predicted octanol–water partition coefficient (Wildman–Crippen LogP) is 2.91. The molecule has 1 heterocycles. The SMILES string of the molecule is N#CC(C#N)=C(C#N)Nc1cccc(N2CCCCC2)c1. The van der Waals surface area contributed by atoms with Crippen molar-refractivity contribution in [3.05, 3.63) is 35.5 Å². The zero-order valence-electron chi connectivity index (χ0n) is 11.6. The van der Waals surface area contributed by atoms with E-state index in [-0.39, 0.29) is 11.3 Å². The van der Waals surface area contributed by atoms with Gasteiger partial charge in [-0.25, -0.2) is 0 Å². The summed E-state index contributed by atoms with van der Waals surface area (Å²) in [6.07, 6.45) is 3.64. The number of piperidine rings is 1. The van der Waals surface area contributed by atoms with Crippen molar-refractivity contribution in [2.45, 2.75) is 19.3 Å². The molecule has 0 unspecified atom stereocenters. The molecule has 0 saturated carbocycles. The summed E-state index contributed by atoms with van der Waals surface area (Å²) in [6.45, 7) is 2.07. The van der Waals surface area contributed by atoms with E-state index in [1.165, 1.54) is 19.3 Å². The van der Waals surface area contributed by atoms with Gasteiger partial charge in [-0.1, -0.05) is 6.07 Å². The highest BCUT2D eigenvalue weighted by Crippen LogP contribution is 2.24. The number of benzene rings is 1. The summed E-state index contributed by atoms with van der Waals surface area (Å²) in [4.78, 5) is 2.31. The topological polar surface area (TPSA) is 86.6 Å². The Morgan fingerprint density at radius 1 is 1.00 bits per heavy atom. The summed E-state index contributed by atoms with van der Waals surface area (Å²) in [6, 6.07) is 13.0. The first-order valence-electron chi connectivity index (χ1n) is 6.85. The molecule has 1 fully saturated rings. The lowest BCUT2D eigenvalue weighted by Crippen LogP contribution is -2.29. The molecule has 0 amide bonds. The lowest BCUT2D eigenvalue weighted by molar-refractivity contribution is 0.578. The number of nitriles is 3. The van der Waals surface area contributed by atoms with Gasteiger partial charge in [-0.2, -0.15) is 15.8 Å². The van der Waals surface area contributed by atoms with Crippen molar-refractivity contribution >= 4 is 11.4 Å². The second-order valence-corrected chi connectivity index (χ2v) is 4.81. The van der Waals surface area contributed by atoms with Crippen LogP contribution in [0.3, 0.4) is 0 Å². The van der Waals surface area contributed by atoms with Crippen LogP contribution in [-0.4, -0.2) is 13.1 Å². The average molecular weight is 277 g/mol. The quantitative estimate of drug-likeness (QED) is 0.858. The summed E-state index contributed by atoms with van der Waals surface area (Å²) >= 11 is 0. The molecule has 1 aliphatic heterocycles. The molecule has 0 aliphatic carbocycles. The molecule has 104 valence electrons. The molecular weight excluding hydrogens is 262 g/mol. The normalized spacial score (nSPS) is 13.5. The number of hydrogen-bond acceptors (Lipinski definition) is 5. The van der Waals surface area contributed by atoms with Gasteiger partial charge >= 0.3 is 0 Å². The Morgan fingerprint density at radius 2 is 1.71 bits per heavy atom. The van der Waals surface area contributed by atoms with Gasteiger partial charge in [0.15, 0.2) is 5.57 Å². The third-order valence-corrected chi connectivity index (χ3v) is 3.42. The van der Waals surface area contributed by atoms with Gasteiger partial charge in [0, 0.05) is 24.5 Å². The molecule has 21 heavy (non-hydrogen) atoms. The highest BCUT2D eigenvalue weighted by molar-refractivity contribution is 5.63. The van der Waals surface area contributed by atoms with Gasteiger partial charge in [-0.15, -0.1) is 0 Å². The molecule has 1 N–H and O–H groups in total. The molecule has 0 aromatic heterocycles. The van der Waals surface area contributed by atoms with Gasteiger partial charge in [0.2, 0.25) is 0 Å². The third kappa shape index (κ3) is 3.53. The van der Waals surface area contributed by atoms with Gasteiger partial charge in [-0.05, 0) is 37.5 Å². The van der Waals surface area contributed by atoms with E-state index < -0.39 is 0 Å². The van der Waals surface area contributed by atoms with Crippen LogP contribution in [0.4, 0.5) is 11.4 Å². The fraction of sp³-hybridized carbons (Fsp3) is 0.312. The summed E-state index contributed by atoms with van der Waals surface area (Å²) in [5, 5.41) is 29.6. The fourth-order valence-electron chi connectivity index (χ4n) is 2.36. The van der Waals surface area contributed by atoms with Crippen molar-refractivity contribution in [2.75, 3.05) is 23.3 Å². The minimum atomic E-state index is -0.208. The molecule has 1 aromatic carbocycles. The molecular formula is C16H15N5. The van der Waals surface area contributed by atoms with E-state index in [1.54, 1.807) is 12.1 Å². The van der Waals surface area contributed by atoms with Crippen LogP contribution in [0.5, 0.6) is 0 Å². The standard InChI is InChI=1S/C16H15N5/c17-10-13(11-18)16(12-19)20-14-5-4-6-15(9-14)21-7-2-1-3-8-21/h4-6,9,20H,1-3,7-8H2. The Balaban J connectivity index is 2.22. The maximum atomic E-state index is 9.05. The van der Waals surface area contributed by atoms with E-state index in [4.69, 9.17) is 15.8 Å². The van der Waals surface area contributed by atoms with Crippen molar-refractivity contribution in [3.8, 4) is 18.2 Å². The molecule has 0 radical (unpaired) electrons. The minimum absolute atomic E-state index is 0.0178. The van der Waals surface area contributed by atoms with Crippen molar-refractivity contribution in [1.29, 1.82) is 15.8 Å². The van der Waals surface area contributed by atoms with Crippen LogP contribution < -0.4 is 10.2 Å². The number of nitrogens with one attached hydrogen (secondary N) is 1. The van der Waals surface area contributed by atoms with E-state index in [0.717, 1.165) is 18.8 Å². The first-order valence-corrected chi connectivity index (χ1v) is 6.85. The second-order valence-electron chi connectivity index (χ2n) is 4.81. The van der Waals surface area contributed by atoms with Crippen LogP contribution in [-0.2, 0) is 0 Å². The van der Waals surface area contributed by atoms with Crippen LogP contribution in [0, 0.1) is 34.0 Å². The van der Waals surface area contributed by atoms with E-state index in [1.807, 2.05) is 30.3 Å². The summed E-state index contributed by atoms with van der Waals surface area (Å²) in [5.74, 6) is 0. The van der Waals surface area contributed by atoms with Crippen molar-refractivity contribution in [1.82, 2.24) is 0 Å². The lowest BCUT2D eigenvalue weighted by Gasteiger charge is -2.29. The average Bonchev–Trinajstić information content (AvgIpc) is 2.56. The second kappa shape index (κ2) is 6.98. The van der Waals surface area contributed by atoms with Gasteiger partial charge < -0.3 is 10.2 Å². The highest BCUT2D eigenvalue weighted by Gasteiger charge is 2.12. The van der Waals surface area contributed by atoms with Crippen LogP contribution in [0.2, 0.25) is 0 Å². The number of hydrogen-bond donors (Lipinski definition) is 1. The molecule has 1 saturated heterocycles. The highest BCUT2D eigenvalue weighted by atomic mass is 15.1. The zero-order valence-corrected chi connectivity index (χ0v) is 11.6.